The largest absolute Gasteiger partial charge is 0.417 e. The van der Waals surface area contributed by atoms with Crippen molar-refractivity contribution in [1.82, 2.24) is 25.1 Å². The van der Waals surface area contributed by atoms with Crippen molar-refractivity contribution in [2.24, 2.45) is 7.05 Å². The van der Waals surface area contributed by atoms with Crippen molar-refractivity contribution in [2.45, 2.75) is 12.7 Å². The summed E-state index contributed by atoms with van der Waals surface area (Å²) in [6, 6.07) is 13.9. The molecule has 4 rings (SSSR count). The number of halogens is 3. The maximum absolute atomic E-state index is 13.6. The van der Waals surface area contributed by atoms with E-state index in [0.29, 0.717) is 23.8 Å². The zero-order valence-electron chi connectivity index (χ0n) is 18.4. The monoisotopic (exact) mass is 466 g/mol. The number of hydrogen-bond donors (Lipinski definition) is 2. The van der Waals surface area contributed by atoms with E-state index in [4.69, 9.17) is 0 Å². The zero-order chi connectivity index (χ0) is 24.3. The summed E-state index contributed by atoms with van der Waals surface area (Å²) in [5.74, 6) is -0.0561. The van der Waals surface area contributed by atoms with Crippen molar-refractivity contribution in [1.29, 1.82) is 0 Å². The van der Waals surface area contributed by atoms with Crippen molar-refractivity contribution >= 4 is 11.6 Å². The third-order valence-electron chi connectivity index (χ3n) is 5.05. The Labute approximate surface area is 193 Å². The lowest BCUT2D eigenvalue weighted by Crippen LogP contribution is -2.16. The molecule has 34 heavy (non-hydrogen) atoms. The molecule has 2 aromatic heterocycles. The van der Waals surface area contributed by atoms with Gasteiger partial charge in [-0.3, -0.25) is 9.48 Å². The highest BCUT2D eigenvalue weighted by Gasteiger charge is 2.34. The molecule has 0 aliphatic carbocycles. The first kappa shape index (κ1) is 23.1. The summed E-state index contributed by atoms with van der Waals surface area (Å²) in [7, 11) is 3.38. The number of aryl methyl sites for hydroxylation is 1. The molecular weight excluding hydrogens is 445 g/mol. The molecule has 0 bridgehead atoms. The predicted octanol–water partition coefficient (Wildman–Crippen LogP) is 4.53. The minimum absolute atomic E-state index is 0.0481. The first-order valence-electron chi connectivity index (χ1n) is 10.3. The first-order valence-corrected chi connectivity index (χ1v) is 10.3. The molecule has 0 saturated carbocycles. The van der Waals surface area contributed by atoms with Gasteiger partial charge in [0.25, 0.3) is 5.91 Å². The van der Waals surface area contributed by atoms with Gasteiger partial charge in [0.1, 0.15) is 5.82 Å². The fraction of sp³-hybridized carbons (Fsp3) is 0.167. The van der Waals surface area contributed by atoms with Gasteiger partial charge >= 0.3 is 6.18 Å². The number of hydrogen-bond acceptors (Lipinski definition) is 5. The standard InChI is InChI=1S/C24H21F3N6O/c1-28-14-21-29-13-20(22(31-21)15-6-4-3-5-7-15)30-23(34)16-8-9-18(24(25,26)27)17(12-16)19-10-11-33(2)32-19/h3-13,28H,14H2,1-2H3,(H,30,34). The van der Waals surface area contributed by atoms with E-state index in [1.54, 1.807) is 20.3 Å². The predicted molar refractivity (Wildman–Crippen MR) is 122 cm³/mol. The molecule has 2 N–H and O–H groups in total. The molecule has 0 saturated heterocycles. The summed E-state index contributed by atoms with van der Waals surface area (Å²) in [5.41, 5.74) is 0.735. The van der Waals surface area contributed by atoms with Gasteiger partial charge in [0, 0.05) is 29.9 Å². The number of rotatable bonds is 6. The van der Waals surface area contributed by atoms with Crippen molar-refractivity contribution in [3.05, 3.63) is 83.9 Å². The second kappa shape index (κ2) is 9.44. The van der Waals surface area contributed by atoms with Crippen LogP contribution in [0.3, 0.4) is 0 Å². The van der Waals surface area contributed by atoms with E-state index in [2.05, 4.69) is 25.7 Å². The topological polar surface area (TPSA) is 84.7 Å². The van der Waals surface area contributed by atoms with E-state index >= 15 is 0 Å². The molecule has 2 aromatic carbocycles. The molecule has 1 amide bonds. The Morgan fingerprint density at radius 2 is 1.85 bits per heavy atom. The maximum Gasteiger partial charge on any atom is 0.417 e. The third-order valence-corrected chi connectivity index (χ3v) is 5.05. The molecule has 174 valence electrons. The molecule has 4 aromatic rings. The van der Waals surface area contributed by atoms with Crippen molar-refractivity contribution in [3.8, 4) is 22.5 Å². The highest BCUT2D eigenvalue weighted by molar-refractivity contribution is 6.06. The number of nitrogens with zero attached hydrogens (tertiary/aromatic N) is 4. The molecule has 10 heteroatoms. The lowest BCUT2D eigenvalue weighted by atomic mass is 10.0. The summed E-state index contributed by atoms with van der Waals surface area (Å²) < 4.78 is 42.2. The van der Waals surface area contributed by atoms with Gasteiger partial charge in [-0.2, -0.15) is 18.3 Å². The van der Waals surface area contributed by atoms with E-state index in [0.717, 1.165) is 17.7 Å². The number of anilines is 1. The molecule has 2 heterocycles. The lowest BCUT2D eigenvalue weighted by molar-refractivity contribution is -0.137. The van der Waals surface area contributed by atoms with Crippen LogP contribution < -0.4 is 10.6 Å². The Balaban J connectivity index is 1.72. The van der Waals surface area contributed by atoms with Gasteiger partial charge in [-0.1, -0.05) is 30.3 Å². The number of carbonyl (C=O) groups is 1. The molecule has 0 atom stereocenters. The number of amides is 1. The Morgan fingerprint density at radius 3 is 2.50 bits per heavy atom. The Hall–Kier alpha value is -4.05. The van der Waals surface area contributed by atoms with Crippen LogP contribution >= 0.6 is 0 Å². The van der Waals surface area contributed by atoms with E-state index in [-0.39, 0.29) is 16.8 Å². The Morgan fingerprint density at radius 1 is 1.09 bits per heavy atom. The number of carbonyl (C=O) groups excluding carboxylic acids is 1. The summed E-state index contributed by atoms with van der Waals surface area (Å²) in [4.78, 5) is 21.9. The number of benzene rings is 2. The molecule has 0 spiro atoms. The lowest BCUT2D eigenvalue weighted by Gasteiger charge is -2.15. The van der Waals surface area contributed by atoms with Crippen LogP contribution in [0.5, 0.6) is 0 Å². The van der Waals surface area contributed by atoms with Crippen LogP contribution in [0.2, 0.25) is 0 Å². The number of alkyl halides is 3. The maximum atomic E-state index is 13.6. The van der Waals surface area contributed by atoms with Crippen molar-refractivity contribution in [2.75, 3.05) is 12.4 Å². The summed E-state index contributed by atoms with van der Waals surface area (Å²) >= 11 is 0. The van der Waals surface area contributed by atoms with E-state index < -0.39 is 17.6 Å². The number of nitrogens with one attached hydrogen (secondary N) is 2. The van der Waals surface area contributed by atoms with Crippen LogP contribution in [0.1, 0.15) is 21.7 Å². The Bertz CT molecular complexity index is 1320. The van der Waals surface area contributed by atoms with Gasteiger partial charge in [-0.05, 0) is 31.3 Å². The van der Waals surface area contributed by atoms with Gasteiger partial charge in [-0.25, -0.2) is 9.97 Å². The SMILES string of the molecule is CNCc1ncc(NC(=O)c2ccc(C(F)(F)F)c(-c3ccn(C)n3)c2)c(-c2ccccc2)n1. The molecular formula is C24H21F3N6O. The highest BCUT2D eigenvalue weighted by Crippen LogP contribution is 2.37. The molecule has 0 radical (unpaired) electrons. The fourth-order valence-corrected chi connectivity index (χ4v) is 3.47. The third kappa shape index (κ3) is 4.96. The minimum atomic E-state index is -4.60. The molecule has 0 unspecified atom stereocenters. The van der Waals surface area contributed by atoms with E-state index in [1.807, 2.05) is 30.3 Å². The second-order valence-corrected chi connectivity index (χ2v) is 7.53. The summed E-state index contributed by atoms with van der Waals surface area (Å²) in [6.07, 6.45) is -1.57. The molecule has 0 fully saturated rings. The smallest absolute Gasteiger partial charge is 0.319 e. The fourth-order valence-electron chi connectivity index (χ4n) is 3.47. The van der Waals surface area contributed by atoms with Crippen molar-refractivity contribution in [3.63, 3.8) is 0 Å². The van der Waals surface area contributed by atoms with Crippen LogP contribution in [-0.2, 0) is 19.8 Å². The van der Waals surface area contributed by atoms with Crippen LogP contribution in [0.4, 0.5) is 18.9 Å². The summed E-state index contributed by atoms with van der Waals surface area (Å²) in [5, 5.41) is 9.80. The van der Waals surface area contributed by atoms with E-state index in [1.165, 1.54) is 23.0 Å². The Kier molecular flexibility index (Phi) is 6.42. The van der Waals surface area contributed by atoms with Crippen LogP contribution in [0.15, 0.2) is 67.0 Å². The quantitative estimate of drug-likeness (QED) is 0.436. The molecule has 0 aliphatic rings. The van der Waals surface area contributed by atoms with Crippen LogP contribution in [-0.4, -0.2) is 32.7 Å². The van der Waals surface area contributed by atoms with E-state index in [9.17, 15) is 18.0 Å². The number of aromatic nitrogens is 4. The average Bonchev–Trinajstić information content (AvgIpc) is 3.26. The van der Waals surface area contributed by atoms with Crippen LogP contribution in [0, 0.1) is 0 Å². The second-order valence-electron chi connectivity index (χ2n) is 7.53. The highest BCUT2D eigenvalue weighted by atomic mass is 19.4. The van der Waals surface area contributed by atoms with Gasteiger partial charge in [0.2, 0.25) is 0 Å². The average molecular weight is 466 g/mol. The minimum Gasteiger partial charge on any atom is -0.319 e. The van der Waals surface area contributed by atoms with Gasteiger partial charge in [0.05, 0.1) is 35.4 Å². The first-order chi connectivity index (χ1) is 16.3. The van der Waals surface area contributed by atoms with Crippen LogP contribution in [0.25, 0.3) is 22.5 Å². The van der Waals surface area contributed by atoms with Crippen molar-refractivity contribution < 1.29 is 18.0 Å². The zero-order valence-corrected chi connectivity index (χ0v) is 18.4. The van der Waals surface area contributed by atoms with Gasteiger partial charge in [0.15, 0.2) is 0 Å². The summed E-state index contributed by atoms with van der Waals surface area (Å²) in [6.45, 7) is 0.431. The molecule has 0 aliphatic heterocycles. The molecule has 7 nitrogen and oxygen atoms in total. The normalized spacial score (nSPS) is 11.4. The van der Waals surface area contributed by atoms with Gasteiger partial charge < -0.3 is 10.6 Å². The van der Waals surface area contributed by atoms with Gasteiger partial charge in [-0.15, -0.1) is 0 Å².